The van der Waals surface area contributed by atoms with Gasteiger partial charge in [-0.05, 0) is 38.1 Å². The number of hydrogen-bond acceptors (Lipinski definition) is 6. The Balaban J connectivity index is 1.91. The van der Waals surface area contributed by atoms with E-state index >= 15 is 0 Å². The largest absolute Gasteiger partial charge is 0.370 e. The van der Waals surface area contributed by atoms with Crippen molar-refractivity contribution in [1.82, 2.24) is 19.9 Å². The van der Waals surface area contributed by atoms with Gasteiger partial charge in [-0.1, -0.05) is 49.5 Å². The molecular formula is C24H16N8. The molecule has 8 heteroatoms. The molecule has 152 valence electrons. The highest BCUT2D eigenvalue weighted by molar-refractivity contribution is 5.97. The van der Waals surface area contributed by atoms with Crippen LogP contribution in [0.3, 0.4) is 0 Å². The van der Waals surface area contributed by atoms with Gasteiger partial charge in [0.25, 0.3) is 11.6 Å². The summed E-state index contributed by atoms with van der Waals surface area (Å²) >= 11 is 0. The molecule has 0 saturated heterocycles. The highest BCUT2D eigenvalue weighted by Gasteiger charge is 2.41. The second-order valence-electron chi connectivity index (χ2n) is 7.13. The van der Waals surface area contributed by atoms with Crippen molar-refractivity contribution in [2.24, 2.45) is 0 Å². The van der Waals surface area contributed by atoms with E-state index < -0.39 is 0 Å². The van der Waals surface area contributed by atoms with Gasteiger partial charge >= 0.3 is 11.6 Å². The lowest BCUT2D eigenvalue weighted by Gasteiger charge is -2.33. The zero-order valence-electron chi connectivity index (χ0n) is 17.4. The molecule has 0 radical (unpaired) electrons. The smallest absolute Gasteiger partial charge is 0.300 e. The average molecular weight is 416 g/mol. The van der Waals surface area contributed by atoms with E-state index in [0.29, 0.717) is 23.3 Å². The second kappa shape index (κ2) is 7.46. The molecule has 0 bridgehead atoms. The predicted molar refractivity (Wildman–Crippen MR) is 123 cm³/mol. The van der Waals surface area contributed by atoms with E-state index in [1.165, 1.54) is 0 Å². The molecule has 0 aliphatic carbocycles. The highest BCUT2D eigenvalue weighted by atomic mass is 15.4. The molecular weight excluding hydrogens is 400 g/mol. The maximum atomic E-state index is 7.52. The fourth-order valence-electron chi connectivity index (χ4n) is 3.57. The number of aromatic nitrogens is 4. The molecule has 0 saturated carbocycles. The van der Waals surface area contributed by atoms with Crippen molar-refractivity contribution in [3.05, 3.63) is 94.9 Å². The Hall–Kier alpha value is -4.82. The molecule has 2 aromatic heterocycles. The Morgan fingerprint density at radius 1 is 0.562 bits per heavy atom. The third-order valence-electron chi connectivity index (χ3n) is 5.18. The maximum Gasteiger partial charge on any atom is 0.300 e. The van der Waals surface area contributed by atoms with Crippen LogP contribution in [0.2, 0.25) is 0 Å². The standard InChI is InChI=1S/C24H16N8/c1-15-16(2)28-22-21(27-15)31(17-11-7-5-8-12-17)23-24(30-20(26-4)19(25-3)29-23)32(22)18-13-9-6-10-14-18/h5-14H,1-2H3. The van der Waals surface area contributed by atoms with Crippen LogP contribution in [0.25, 0.3) is 9.69 Å². The lowest BCUT2D eigenvalue weighted by atomic mass is 10.2. The number of nitrogens with zero attached hydrogens (tertiary/aromatic N) is 8. The van der Waals surface area contributed by atoms with Gasteiger partial charge < -0.3 is 9.69 Å². The number of anilines is 6. The van der Waals surface area contributed by atoms with Crippen LogP contribution >= 0.6 is 0 Å². The summed E-state index contributed by atoms with van der Waals surface area (Å²) in [5, 5.41) is 0. The van der Waals surface area contributed by atoms with Crippen LogP contribution in [-0.4, -0.2) is 19.9 Å². The van der Waals surface area contributed by atoms with Crippen molar-refractivity contribution in [3.63, 3.8) is 0 Å². The fourth-order valence-corrected chi connectivity index (χ4v) is 3.57. The molecule has 2 aromatic carbocycles. The van der Waals surface area contributed by atoms with Crippen LogP contribution in [0.4, 0.5) is 46.3 Å². The van der Waals surface area contributed by atoms with E-state index in [2.05, 4.69) is 19.7 Å². The van der Waals surface area contributed by atoms with Crippen molar-refractivity contribution in [3.8, 4) is 0 Å². The summed E-state index contributed by atoms with van der Waals surface area (Å²) in [4.78, 5) is 29.4. The Labute approximate surface area is 185 Å². The first-order chi connectivity index (χ1) is 15.6. The number of fused-ring (bicyclic) bond motifs is 2. The summed E-state index contributed by atoms with van der Waals surface area (Å²) in [7, 11) is 0. The number of aryl methyl sites for hydroxylation is 2. The third kappa shape index (κ3) is 2.91. The molecule has 1 aliphatic heterocycles. The summed E-state index contributed by atoms with van der Waals surface area (Å²) in [5.74, 6) is 1.90. The van der Waals surface area contributed by atoms with Crippen LogP contribution in [0.15, 0.2) is 60.7 Å². The van der Waals surface area contributed by atoms with Gasteiger partial charge in [0.1, 0.15) is 0 Å². The van der Waals surface area contributed by atoms with Gasteiger partial charge in [0.15, 0.2) is 11.6 Å². The molecule has 0 unspecified atom stereocenters. The number of hydrogen-bond donors (Lipinski definition) is 0. The minimum absolute atomic E-state index is 0.0482. The van der Waals surface area contributed by atoms with Gasteiger partial charge in [0.05, 0.1) is 22.8 Å². The molecule has 3 heterocycles. The molecule has 1 aliphatic rings. The summed E-state index contributed by atoms with van der Waals surface area (Å²) in [6.07, 6.45) is 0. The molecule has 0 amide bonds. The van der Waals surface area contributed by atoms with E-state index in [1.807, 2.05) is 84.3 Å². The van der Waals surface area contributed by atoms with E-state index in [4.69, 9.17) is 23.1 Å². The molecule has 8 nitrogen and oxygen atoms in total. The number of benzene rings is 2. The minimum Gasteiger partial charge on any atom is -0.370 e. The van der Waals surface area contributed by atoms with Crippen LogP contribution in [0.1, 0.15) is 11.4 Å². The first-order valence-corrected chi connectivity index (χ1v) is 9.85. The van der Waals surface area contributed by atoms with Crippen molar-refractivity contribution in [1.29, 1.82) is 0 Å². The highest BCUT2D eigenvalue weighted by Crippen LogP contribution is 2.52. The van der Waals surface area contributed by atoms with Gasteiger partial charge in [0.2, 0.25) is 0 Å². The van der Waals surface area contributed by atoms with Crippen molar-refractivity contribution < 1.29 is 0 Å². The van der Waals surface area contributed by atoms with Gasteiger partial charge in [-0.15, -0.1) is 9.97 Å². The van der Waals surface area contributed by atoms with Gasteiger partial charge in [-0.25, -0.2) is 9.97 Å². The average Bonchev–Trinajstić information content (AvgIpc) is 2.83. The Kier molecular flexibility index (Phi) is 4.47. The van der Waals surface area contributed by atoms with Crippen molar-refractivity contribution in [2.75, 3.05) is 9.80 Å². The minimum atomic E-state index is -0.0482. The van der Waals surface area contributed by atoms with Crippen molar-refractivity contribution >= 4 is 46.3 Å². The topological polar surface area (TPSA) is 66.8 Å². The molecule has 0 N–H and O–H groups in total. The van der Waals surface area contributed by atoms with Crippen LogP contribution in [-0.2, 0) is 0 Å². The SMILES string of the molecule is [C-]#[N+]c1nc2c(nc1[N+]#[C-])N(c1ccccc1)c1nc(C)c(C)nc1N2c1ccccc1. The summed E-state index contributed by atoms with van der Waals surface area (Å²) in [6, 6.07) is 19.3. The van der Waals surface area contributed by atoms with Crippen LogP contribution in [0.5, 0.6) is 0 Å². The third-order valence-corrected chi connectivity index (χ3v) is 5.18. The lowest BCUT2D eigenvalue weighted by Crippen LogP contribution is -2.28. The molecule has 0 fully saturated rings. The first kappa shape index (κ1) is 19.2. The molecule has 0 atom stereocenters. The molecule has 0 spiro atoms. The molecule has 5 rings (SSSR count). The van der Waals surface area contributed by atoms with Crippen molar-refractivity contribution in [2.45, 2.75) is 13.8 Å². The Morgan fingerprint density at radius 2 is 0.906 bits per heavy atom. The van der Waals surface area contributed by atoms with Crippen LogP contribution in [0, 0.1) is 27.0 Å². The Bertz CT molecular complexity index is 1310. The zero-order chi connectivity index (χ0) is 22.2. The van der Waals surface area contributed by atoms with E-state index in [9.17, 15) is 0 Å². The predicted octanol–water partition coefficient (Wildman–Crippen LogP) is 6.24. The Morgan fingerprint density at radius 3 is 1.25 bits per heavy atom. The number of para-hydroxylation sites is 2. The van der Waals surface area contributed by atoms with Gasteiger partial charge in [0, 0.05) is 0 Å². The van der Waals surface area contributed by atoms with Gasteiger partial charge in [-0.3, -0.25) is 9.80 Å². The second-order valence-corrected chi connectivity index (χ2v) is 7.13. The quantitative estimate of drug-likeness (QED) is 0.317. The van der Waals surface area contributed by atoms with Crippen LogP contribution < -0.4 is 9.80 Å². The van der Waals surface area contributed by atoms with E-state index in [1.54, 1.807) is 0 Å². The van der Waals surface area contributed by atoms with E-state index in [0.717, 1.165) is 22.8 Å². The first-order valence-electron chi connectivity index (χ1n) is 9.85. The fraction of sp³-hybridized carbons (Fsp3) is 0.0833. The van der Waals surface area contributed by atoms with Gasteiger partial charge in [-0.2, -0.15) is 0 Å². The summed E-state index contributed by atoms with van der Waals surface area (Å²) in [5.41, 5.74) is 3.19. The molecule has 32 heavy (non-hydrogen) atoms. The summed E-state index contributed by atoms with van der Waals surface area (Å²) in [6.45, 7) is 18.9. The maximum absolute atomic E-state index is 7.52. The van der Waals surface area contributed by atoms with E-state index in [-0.39, 0.29) is 11.6 Å². The molecule has 4 aromatic rings. The number of rotatable bonds is 2. The normalized spacial score (nSPS) is 11.9. The zero-order valence-corrected chi connectivity index (χ0v) is 17.4. The summed E-state index contributed by atoms with van der Waals surface area (Å²) < 4.78 is 0. The monoisotopic (exact) mass is 416 g/mol. The lowest BCUT2D eigenvalue weighted by molar-refractivity contribution is 0.956.